The predicted octanol–water partition coefficient (Wildman–Crippen LogP) is 5.74. The van der Waals surface area contributed by atoms with Crippen LogP contribution in [0.25, 0.3) is 10.4 Å². The lowest BCUT2D eigenvalue weighted by molar-refractivity contribution is 0.127. The van der Waals surface area contributed by atoms with Crippen LogP contribution in [0.5, 0.6) is 5.75 Å². The highest BCUT2D eigenvalue weighted by Gasteiger charge is 2.41. The lowest BCUT2D eigenvalue weighted by Gasteiger charge is -2.49. The van der Waals surface area contributed by atoms with Crippen molar-refractivity contribution in [3.63, 3.8) is 0 Å². The number of ether oxygens (including phenoxy) is 1. The van der Waals surface area contributed by atoms with E-state index >= 15 is 0 Å². The van der Waals surface area contributed by atoms with E-state index in [1.165, 1.54) is 11.3 Å². The molecule has 0 aliphatic carbocycles. The molecule has 2 aliphatic heterocycles. The number of benzene rings is 1. The SMILES string of the molecule is CC1(C)CC(N(CC(F)F)c2nc3c(s2)-c2ccc(Cl)cc2OC3)CC(C)(C)N1. The fourth-order valence-electron chi connectivity index (χ4n) is 4.74. The van der Waals surface area contributed by atoms with Crippen molar-refractivity contribution < 1.29 is 13.5 Å². The van der Waals surface area contributed by atoms with Crippen molar-refractivity contribution in [1.29, 1.82) is 0 Å². The molecule has 0 amide bonds. The second kappa shape index (κ2) is 7.36. The molecule has 1 saturated heterocycles. The van der Waals surface area contributed by atoms with Crippen molar-refractivity contribution in [2.75, 3.05) is 11.4 Å². The summed E-state index contributed by atoms with van der Waals surface area (Å²) >= 11 is 7.55. The van der Waals surface area contributed by atoms with E-state index in [9.17, 15) is 8.78 Å². The zero-order valence-electron chi connectivity index (χ0n) is 17.1. The van der Waals surface area contributed by atoms with Crippen molar-refractivity contribution in [1.82, 2.24) is 10.3 Å². The summed E-state index contributed by atoms with van der Waals surface area (Å²) in [5.41, 5.74) is 1.43. The highest BCUT2D eigenvalue weighted by Crippen LogP contribution is 2.45. The molecule has 1 aromatic carbocycles. The van der Waals surface area contributed by atoms with Gasteiger partial charge in [0.25, 0.3) is 6.43 Å². The molecule has 0 spiro atoms. The van der Waals surface area contributed by atoms with Crippen LogP contribution in [-0.4, -0.2) is 35.1 Å². The molecule has 0 unspecified atom stereocenters. The van der Waals surface area contributed by atoms with Gasteiger partial charge in [-0.15, -0.1) is 0 Å². The first kappa shape index (κ1) is 20.8. The molecule has 0 radical (unpaired) electrons. The highest BCUT2D eigenvalue weighted by atomic mass is 35.5. The molecule has 3 heterocycles. The largest absolute Gasteiger partial charge is 0.487 e. The summed E-state index contributed by atoms with van der Waals surface area (Å²) < 4.78 is 32.9. The summed E-state index contributed by atoms with van der Waals surface area (Å²) in [7, 11) is 0. The molecule has 1 fully saturated rings. The number of thiazole rings is 1. The summed E-state index contributed by atoms with van der Waals surface area (Å²) in [6.07, 6.45) is -0.883. The molecule has 158 valence electrons. The topological polar surface area (TPSA) is 37.4 Å². The van der Waals surface area contributed by atoms with Crippen molar-refractivity contribution in [2.24, 2.45) is 0 Å². The molecule has 0 saturated carbocycles. The van der Waals surface area contributed by atoms with Crippen LogP contribution in [0.2, 0.25) is 5.02 Å². The second-order valence-corrected chi connectivity index (χ2v) is 10.6. The molecule has 29 heavy (non-hydrogen) atoms. The van der Waals surface area contributed by atoms with Gasteiger partial charge in [0, 0.05) is 27.7 Å². The van der Waals surface area contributed by atoms with E-state index in [1.807, 2.05) is 17.0 Å². The van der Waals surface area contributed by atoms with Gasteiger partial charge in [0.2, 0.25) is 0 Å². The summed E-state index contributed by atoms with van der Waals surface area (Å²) in [5, 5.41) is 4.87. The Bertz CT molecular complexity index is 899. The Morgan fingerprint density at radius 1 is 1.28 bits per heavy atom. The van der Waals surface area contributed by atoms with E-state index in [0.29, 0.717) is 22.5 Å². The number of nitrogens with zero attached hydrogens (tertiary/aromatic N) is 2. The van der Waals surface area contributed by atoms with Crippen LogP contribution in [0, 0.1) is 0 Å². The van der Waals surface area contributed by atoms with Crippen molar-refractivity contribution in [2.45, 2.75) is 70.7 Å². The minimum Gasteiger partial charge on any atom is -0.487 e. The number of alkyl halides is 2. The highest BCUT2D eigenvalue weighted by molar-refractivity contribution is 7.19. The number of fused-ring (bicyclic) bond motifs is 3. The van der Waals surface area contributed by atoms with Crippen LogP contribution in [0.3, 0.4) is 0 Å². The minimum absolute atomic E-state index is 0.0199. The summed E-state index contributed by atoms with van der Waals surface area (Å²) in [5.74, 6) is 0.713. The summed E-state index contributed by atoms with van der Waals surface area (Å²) in [4.78, 5) is 7.52. The smallest absolute Gasteiger partial charge is 0.255 e. The van der Waals surface area contributed by atoms with Gasteiger partial charge in [-0.1, -0.05) is 22.9 Å². The zero-order valence-corrected chi connectivity index (χ0v) is 18.6. The molecule has 4 rings (SSSR count). The van der Waals surface area contributed by atoms with Crippen LogP contribution < -0.4 is 15.0 Å². The Balaban J connectivity index is 1.71. The number of hydrogen-bond acceptors (Lipinski definition) is 5. The van der Waals surface area contributed by atoms with Gasteiger partial charge in [-0.2, -0.15) is 0 Å². The van der Waals surface area contributed by atoms with Crippen molar-refractivity contribution >= 4 is 28.1 Å². The predicted molar refractivity (Wildman–Crippen MR) is 115 cm³/mol. The molecule has 2 aliphatic rings. The molecule has 8 heteroatoms. The van der Waals surface area contributed by atoms with E-state index in [0.717, 1.165) is 29.0 Å². The first-order valence-corrected chi connectivity index (χ1v) is 11.0. The first-order valence-electron chi connectivity index (χ1n) is 9.80. The first-order chi connectivity index (χ1) is 13.5. The number of piperidine rings is 1. The monoisotopic (exact) mass is 441 g/mol. The quantitative estimate of drug-likeness (QED) is 0.656. The fraction of sp³-hybridized carbons (Fsp3) is 0.571. The van der Waals surface area contributed by atoms with Gasteiger partial charge in [0.15, 0.2) is 5.13 Å². The van der Waals surface area contributed by atoms with E-state index in [4.69, 9.17) is 21.3 Å². The Hall–Kier alpha value is -1.44. The van der Waals surface area contributed by atoms with E-state index in [1.54, 1.807) is 6.07 Å². The Labute approximate surface area is 179 Å². The molecule has 2 aromatic rings. The Morgan fingerprint density at radius 2 is 1.97 bits per heavy atom. The number of hydrogen-bond donors (Lipinski definition) is 1. The summed E-state index contributed by atoms with van der Waals surface area (Å²) in [6, 6.07) is 5.49. The molecule has 4 nitrogen and oxygen atoms in total. The third-order valence-electron chi connectivity index (χ3n) is 5.43. The molecule has 0 bridgehead atoms. The average Bonchev–Trinajstić information content (AvgIpc) is 3.00. The van der Waals surface area contributed by atoms with Gasteiger partial charge < -0.3 is 15.0 Å². The van der Waals surface area contributed by atoms with Gasteiger partial charge in [0.05, 0.1) is 17.1 Å². The third kappa shape index (κ3) is 4.37. The van der Waals surface area contributed by atoms with Crippen LogP contribution in [0.4, 0.5) is 13.9 Å². The molecule has 0 atom stereocenters. The fourth-order valence-corrected chi connectivity index (χ4v) is 6.08. The standard InChI is InChI=1S/C21H26ClF2N3OS/c1-20(2)8-13(9-21(3,4)26-20)27(10-17(23)24)19-25-15-11-28-16-7-12(22)5-6-14(16)18(15)29-19/h5-7,13,17,26H,8-11H2,1-4H3. The molecular formula is C21H26ClF2N3OS. The van der Waals surface area contributed by atoms with Crippen molar-refractivity contribution in [3.8, 4) is 16.2 Å². The van der Waals surface area contributed by atoms with Gasteiger partial charge in [-0.05, 0) is 58.7 Å². The second-order valence-electron chi connectivity index (χ2n) is 9.20. The number of anilines is 1. The lowest BCUT2D eigenvalue weighted by atomic mass is 9.79. The molecular weight excluding hydrogens is 416 g/mol. The summed E-state index contributed by atoms with van der Waals surface area (Å²) in [6.45, 7) is 8.51. The average molecular weight is 442 g/mol. The van der Waals surface area contributed by atoms with Crippen LogP contribution in [0.15, 0.2) is 18.2 Å². The van der Waals surface area contributed by atoms with Crippen molar-refractivity contribution in [3.05, 3.63) is 28.9 Å². The maximum absolute atomic E-state index is 13.6. The minimum atomic E-state index is -2.43. The Kier molecular flexibility index (Phi) is 5.28. The maximum Gasteiger partial charge on any atom is 0.255 e. The zero-order chi connectivity index (χ0) is 21.0. The molecule has 1 aromatic heterocycles. The molecule has 1 N–H and O–H groups in total. The normalized spacial score (nSPS) is 20.1. The van der Waals surface area contributed by atoms with Crippen LogP contribution in [0.1, 0.15) is 46.2 Å². The third-order valence-corrected chi connectivity index (χ3v) is 6.83. The number of rotatable bonds is 4. The van der Waals surface area contributed by atoms with E-state index < -0.39 is 6.43 Å². The number of nitrogens with one attached hydrogen (secondary N) is 1. The van der Waals surface area contributed by atoms with Crippen LogP contribution >= 0.6 is 22.9 Å². The van der Waals surface area contributed by atoms with Gasteiger partial charge in [0.1, 0.15) is 12.4 Å². The Morgan fingerprint density at radius 3 is 2.62 bits per heavy atom. The van der Waals surface area contributed by atoms with Gasteiger partial charge >= 0.3 is 0 Å². The van der Waals surface area contributed by atoms with E-state index in [-0.39, 0.29) is 23.7 Å². The number of aromatic nitrogens is 1. The van der Waals surface area contributed by atoms with Gasteiger partial charge in [-0.25, -0.2) is 13.8 Å². The van der Waals surface area contributed by atoms with Gasteiger partial charge in [-0.3, -0.25) is 0 Å². The lowest BCUT2D eigenvalue weighted by Crippen LogP contribution is -2.62. The number of halogens is 3. The maximum atomic E-state index is 13.6. The van der Waals surface area contributed by atoms with Crippen LogP contribution in [-0.2, 0) is 6.61 Å². The van der Waals surface area contributed by atoms with E-state index in [2.05, 4.69) is 33.0 Å².